The first-order valence-corrected chi connectivity index (χ1v) is 10.6. The molecule has 0 spiro atoms. The van der Waals surface area contributed by atoms with Crippen molar-refractivity contribution < 1.29 is 9.53 Å². The molecule has 1 saturated heterocycles. The van der Waals surface area contributed by atoms with Crippen LogP contribution in [0.5, 0.6) is 5.75 Å². The molecule has 3 rings (SSSR count). The van der Waals surface area contributed by atoms with E-state index in [9.17, 15) is 4.79 Å². The summed E-state index contributed by atoms with van der Waals surface area (Å²) in [6, 6.07) is 8.54. The van der Waals surface area contributed by atoms with E-state index in [1.54, 1.807) is 7.11 Å². The molecule has 27 heavy (non-hydrogen) atoms. The second-order valence-electron chi connectivity index (χ2n) is 8.08. The summed E-state index contributed by atoms with van der Waals surface area (Å²) in [6.07, 6.45) is 7.91. The van der Waals surface area contributed by atoms with Crippen molar-refractivity contribution in [1.82, 2.24) is 10.2 Å². The maximum Gasteiger partial charge on any atom is 0.223 e. The monoisotopic (exact) mass is 373 g/mol. The maximum atomic E-state index is 12.7. The molecule has 5 heteroatoms. The van der Waals surface area contributed by atoms with Gasteiger partial charge in [0.05, 0.1) is 13.2 Å². The van der Waals surface area contributed by atoms with Crippen molar-refractivity contribution in [3.63, 3.8) is 0 Å². The Kier molecular flexibility index (Phi) is 7.53. The molecule has 1 saturated carbocycles. The minimum atomic E-state index is 0.158. The molecular weight excluding hydrogens is 338 g/mol. The third kappa shape index (κ3) is 5.45. The molecule has 1 amide bonds. The van der Waals surface area contributed by atoms with E-state index in [4.69, 9.17) is 10.5 Å². The lowest BCUT2D eigenvalue weighted by molar-refractivity contribution is -0.126. The Balaban J connectivity index is 1.61. The van der Waals surface area contributed by atoms with Crippen LogP contribution in [0.1, 0.15) is 56.6 Å². The van der Waals surface area contributed by atoms with E-state index < -0.39 is 0 Å². The number of piperidine rings is 1. The van der Waals surface area contributed by atoms with Gasteiger partial charge in [-0.3, -0.25) is 9.69 Å². The fourth-order valence-electron chi connectivity index (χ4n) is 4.52. The van der Waals surface area contributed by atoms with Gasteiger partial charge in [0, 0.05) is 12.5 Å². The van der Waals surface area contributed by atoms with Gasteiger partial charge >= 0.3 is 0 Å². The summed E-state index contributed by atoms with van der Waals surface area (Å²) in [7, 11) is 1.69. The third-order valence-electron chi connectivity index (χ3n) is 6.35. The van der Waals surface area contributed by atoms with Gasteiger partial charge in [0.25, 0.3) is 0 Å². The van der Waals surface area contributed by atoms with Crippen molar-refractivity contribution in [3.8, 4) is 5.75 Å². The first-order chi connectivity index (χ1) is 13.2. The van der Waals surface area contributed by atoms with Crippen LogP contribution in [0.4, 0.5) is 0 Å². The van der Waals surface area contributed by atoms with Crippen LogP contribution in [0.15, 0.2) is 24.3 Å². The van der Waals surface area contributed by atoms with Crippen LogP contribution < -0.4 is 15.8 Å². The summed E-state index contributed by atoms with van der Waals surface area (Å²) >= 11 is 0. The number of methoxy groups -OCH3 is 1. The molecule has 1 atom stereocenters. The van der Waals surface area contributed by atoms with Gasteiger partial charge in [0.15, 0.2) is 0 Å². The summed E-state index contributed by atoms with van der Waals surface area (Å²) in [5.74, 6) is 1.86. The topological polar surface area (TPSA) is 67.6 Å². The van der Waals surface area contributed by atoms with Crippen molar-refractivity contribution >= 4 is 5.91 Å². The highest BCUT2D eigenvalue weighted by molar-refractivity contribution is 5.78. The zero-order valence-electron chi connectivity index (χ0n) is 16.7. The molecule has 3 N–H and O–H groups in total. The van der Waals surface area contributed by atoms with Crippen molar-refractivity contribution in [2.75, 3.05) is 33.3 Å². The second kappa shape index (κ2) is 10.1. The quantitative estimate of drug-likeness (QED) is 0.771. The molecule has 2 aliphatic rings. The van der Waals surface area contributed by atoms with Gasteiger partial charge in [-0.05, 0) is 81.8 Å². The zero-order valence-corrected chi connectivity index (χ0v) is 16.7. The van der Waals surface area contributed by atoms with E-state index in [1.807, 2.05) is 12.1 Å². The Bertz CT molecular complexity index is 576. The van der Waals surface area contributed by atoms with Crippen LogP contribution >= 0.6 is 0 Å². The minimum Gasteiger partial charge on any atom is -0.497 e. The number of rotatable bonds is 7. The van der Waals surface area contributed by atoms with E-state index in [0.29, 0.717) is 12.5 Å². The molecular formula is C22H35N3O2. The number of carbonyl (C=O) groups excluding carboxylic acids is 1. The van der Waals surface area contributed by atoms with Gasteiger partial charge < -0.3 is 15.8 Å². The average Bonchev–Trinajstić information content (AvgIpc) is 2.75. The molecule has 0 aromatic heterocycles. The molecule has 2 fully saturated rings. The Labute approximate surface area is 163 Å². The average molecular weight is 374 g/mol. The largest absolute Gasteiger partial charge is 0.497 e. The molecule has 1 heterocycles. The van der Waals surface area contributed by atoms with Crippen LogP contribution in [-0.4, -0.2) is 44.1 Å². The molecule has 5 nitrogen and oxygen atoms in total. The standard InChI is InChI=1S/C22H35N3O2/c1-27-20-11-9-18(10-12-20)21(25-13-3-2-4-14-25)16-24-22(26)19-7-5-17(15-23)6-8-19/h9-12,17,19,21H,2-8,13-16,23H2,1H3,(H,24,26)/t17?,19?,21-/m1/s1. The van der Waals surface area contributed by atoms with E-state index in [-0.39, 0.29) is 17.9 Å². The number of hydrogen-bond acceptors (Lipinski definition) is 4. The van der Waals surface area contributed by atoms with Gasteiger partial charge in [-0.15, -0.1) is 0 Å². The fraction of sp³-hybridized carbons (Fsp3) is 0.682. The zero-order chi connectivity index (χ0) is 19.1. The molecule has 0 unspecified atom stereocenters. The maximum absolute atomic E-state index is 12.7. The summed E-state index contributed by atoms with van der Waals surface area (Å²) < 4.78 is 5.30. The van der Waals surface area contributed by atoms with Crippen LogP contribution in [0.25, 0.3) is 0 Å². The van der Waals surface area contributed by atoms with Crippen molar-refractivity contribution in [3.05, 3.63) is 29.8 Å². The number of benzene rings is 1. The highest BCUT2D eigenvalue weighted by atomic mass is 16.5. The Morgan fingerprint density at radius 1 is 1.15 bits per heavy atom. The highest BCUT2D eigenvalue weighted by Gasteiger charge is 2.27. The highest BCUT2D eigenvalue weighted by Crippen LogP contribution is 2.29. The number of amides is 1. The summed E-state index contributed by atoms with van der Waals surface area (Å²) in [5.41, 5.74) is 7.03. The molecule has 1 aromatic carbocycles. The van der Waals surface area contributed by atoms with Crippen molar-refractivity contribution in [2.45, 2.75) is 51.0 Å². The van der Waals surface area contributed by atoms with Gasteiger partial charge in [0.2, 0.25) is 5.91 Å². The molecule has 150 valence electrons. The van der Waals surface area contributed by atoms with Crippen LogP contribution in [0, 0.1) is 11.8 Å². The number of nitrogens with one attached hydrogen (secondary N) is 1. The number of nitrogens with zero attached hydrogens (tertiary/aromatic N) is 1. The number of hydrogen-bond donors (Lipinski definition) is 2. The van der Waals surface area contributed by atoms with Gasteiger partial charge in [0.1, 0.15) is 5.75 Å². The lowest BCUT2D eigenvalue weighted by Gasteiger charge is -2.35. The van der Waals surface area contributed by atoms with Crippen LogP contribution in [-0.2, 0) is 4.79 Å². The van der Waals surface area contributed by atoms with Crippen LogP contribution in [0.2, 0.25) is 0 Å². The third-order valence-corrected chi connectivity index (χ3v) is 6.35. The number of ether oxygens (including phenoxy) is 1. The molecule has 1 aromatic rings. The Morgan fingerprint density at radius 3 is 2.41 bits per heavy atom. The minimum absolute atomic E-state index is 0.158. The predicted molar refractivity (Wildman–Crippen MR) is 109 cm³/mol. The van der Waals surface area contributed by atoms with E-state index in [1.165, 1.54) is 24.8 Å². The summed E-state index contributed by atoms with van der Waals surface area (Å²) in [6.45, 7) is 3.65. The summed E-state index contributed by atoms with van der Waals surface area (Å²) in [5, 5.41) is 3.27. The normalized spacial score (nSPS) is 25.0. The second-order valence-corrected chi connectivity index (χ2v) is 8.08. The Hall–Kier alpha value is -1.59. The summed E-state index contributed by atoms with van der Waals surface area (Å²) in [4.78, 5) is 15.3. The van der Waals surface area contributed by atoms with Gasteiger partial charge in [-0.25, -0.2) is 0 Å². The lowest BCUT2D eigenvalue weighted by atomic mass is 9.81. The van der Waals surface area contributed by atoms with Crippen molar-refractivity contribution in [2.24, 2.45) is 17.6 Å². The van der Waals surface area contributed by atoms with E-state index in [2.05, 4.69) is 22.3 Å². The van der Waals surface area contributed by atoms with Crippen molar-refractivity contribution in [1.29, 1.82) is 0 Å². The first kappa shape index (κ1) is 20.2. The van der Waals surface area contributed by atoms with Gasteiger partial charge in [-0.2, -0.15) is 0 Å². The SMILES string of the molecule is COc1ccc([C@@H](CNC(=O)C2CCC(CN)CC2)N2CCCCC2)cc1. The molecule has 1 aliphatic heterocycles. The molecule has 0 bridgehead atoms. The van der Waals surface area contributed by atoms with Crippen LogP contribution in [0.3, 0.4) is 0 Å². The van der Waals surface area contributed by atoms with Gasteiger partial charge in [-0.1, -0.05) is 18.6 Å². The number of nitrogens with two attached hydrogens (primary N) is 1. The first-order valence-electron chi connectivity index (χ1n) is 10.6. The number of carbonyl (C=O) groups is 1. The fourth-order valence-corrected chi connectivity index (χ4v) is 4.52. The molecule has 0 radical (unpaired) electrons. The predicted octanol–water partition coefficient (Wildman–Crippen LogP) is 3.10. The Morgan fingerprint density at radius 2 is 1.81 bits per heavy atom. The van der Waals surface area contributed by atoms with E-state index in [0.717, 1.165) is 51.1 Å². The molecule has 1 aliphatic carbocycles. The number of likely N-dealkylation sites (tertiary alicyclic amines) is 1. The van der Waals surface area contributed by atoms with E-state index >= 15 is 0 Å². The smallest absolute Gasteiger partial charge is 0.223 e. The lowest BCUT2D eigenvalue weighted by Crippen LogP contribution is -2.42.